The van der Waals surface area contributed by atoms with Crippen LogP contribution in [-0.2, 0) is 6.42 Å². The van der Waals surface area contributed by atoms with Gasteiger partial charge in [0, 0.05) is 22.9 Å². The number of anilines is 1. The van der Waals surface area contributed by atoms with E-state index in [2.05, 4.69) is 112 Å². The molecule has 162 valence electrons. The number of nitrogens with one attached hydrogen (secondary N) is 1. The molecule has 0 saturated carbocycles. The molecule has 2 nitrogen and oxygen atoms in total. The van der Waals surface area contributed by atoms with Gasteiger partial charge in [-0.2, -0.15) is 0 Å². The Morgan fingerprint density at radius 3 is 2.50 bits per heavy atom. The van der Waals surface area contributed by atoms with Crippen molar-refractivity contribution < 1.29 is 0 Å². The summed E-state index contributed by atoms with van der Waals surface area (Å²) in [5.41, 5.74) is 18.1. The van der Waals surface area contributed by atoms with E-state index < -0.39 is 0 Å². The van der Waals surface area contributed by atoms with Gasteiger partial charge in [-0.3, -0.25) is 0 Å². The molecule has 0 fully saturated rings. The van der Waals surface area contributed by atoms with Crippen LogP contribution in [0.5, 0.6) is 0 Å². The molecule has 2 aromatic rings. The van der Waals surface area contributed by atoms with Gasteiger partial charge in [0.05, 0.1) is 17.0 Å². The predicted octanol–water partition coefficient (Wildman–Crippen LogP) is 7.05. The fraction of sp³-hybridized carbons (Fsp3) is 0.333. The predicted molar refractivity (Wildman–Crippen MR) is 135 cm³/mol. The molecule has 1 atom stereocenters. The highest BCUT2D eigenvalue weighted by Gasteiger charge is 2.50. The Labute approximate surface area is 192 Å². The van der Waals surface area contributed by atoms with E-state index in [4.69, 9.17) is 0 Å². The first-order valence-electron chi connectivity index (χ1n) is 11.7. The average molecular weight is 421 g/mol. The number of hydrogen-bond acceptors (Lipinski definition) is 2. The summed E-state index contributed by atoms with van der Waals surface area (Å²) in [6.45, 7) is 13.6. The monoisotopic (exact) mass is 420 g/mol. The van der Waals surface area contributed by atoms with Gasteiger partial charge in [0.15, 0.2) is 0 Å². The minimum Gasteiger partial charge on any atom is -0.362 e. The Bertz CT molecular complexity index is 1260. The molecule has 3 aliphatic rings. The number of hydrogen-bond donors (Lipinski definition) is 1. The van der Waals surface area contributed by atoms with Gasteiger partial charge < -0.3 is 10.2 Å². The smallest absolute Gasteiger partial charge is 0.149 e. The van der Waals surface area contributed by atoms with Crippen LogP contribution < -0.4 is 10.2 Å². The van der Waals surface area contributed by atoms with E-state index in [1.54, 1.807) is 0 Å². The van der Waals surface area contributed by atoms with Crippen LogP contribution in [0, 0.1) is 19.3 Å². The first-order valence-corrected chi connectivity index (χ1v) is 11.7. The Kier molecular flexibility index (Phi) is 4.64. The molecule has 1 aliphatic carbocycles. The zero-order chi connectivity index (χ0) is 22.7. The van der Waals surface area contributed by atoms with Crippen LogP contribution in [0.2, 0.25) is 0 Å². The highest BCUT2D eigenvalue weighted by Crippen LogP contribution is 2.53. The molecule has 0 amide bonds. The second kappa shape index (κ2) is 7.17. The minimum absolute atomic E-state index is 0.244. The van der Waals surface area contributed by atoms with Crippen LogP contribution in [0.15, 0.2) is 71.8 Å². The van der Waals surface area contributed by atoms with Gasteiger partial charge in [-0.25, -0.2) is 0 Å². The topological polar surface area (TPSA) is 15.3 Å². The van der Waals surface area contributed by atoms with Gasteiger partial charge in [-0.1, -0.05) is 63.4 Å². The third-order valence-corrected chi connectivity index (χ3v) is 6.86. The summed E-state index contributed by atoms with van der Waals surface area (Å²) in [5, 5.41) is 3.79. The molecule has 1 unspecified atom stereocenters. The Hall–Kier alpha value is -3.18. The number of benzene rings is 2. The van der Waals surface area contributed by atoms with E-state index >= 15 is 0 Å². The average Bonchev–Trinajstić information content (AvgIpc) is 3.13. The minimum atomic E-state index is -0.351. The SMILES string of the molecule is CCC12NC=C(c3c(C)cccc3C)N1c1ccc(CC(C)(C)C)cc1C1=CC=C=C=C12. The molecule has 2 aromatic carbocycles. The van der Waals surface area contributed by atoms with Gasteiger partial charge in [0.25, 0.3) is 0 Å². The Morgan fingerprint density at radius 2 is 1.81 bits per heavy atom. The Balaban J connectivity index is 1.76. The van der Waals surface area contributed by atoms with Crippen LogP contribution in [0.4, 0.5) is 5.69 Å². The fourth-order valence-corrected chi connectivity index (χ4v) is 5.54. The van der Waals surface area contributed by atoms with Crippen molar-refractivity contribution in [1.82, 2.24) is 5.32 Å². The molecule has 0 aromatic heterocycles. The largest absolute Gasteiger partial charge is 0.362 e. The van der Waals surface area contributed by atoms with Crippen LogP contribution in [0.25, 0.3) is 11.3 Å². The maximum atomic E-state index is 3.79. The van der Waals surface area contributed by atoms with Crippen molar-refractivity contribution in [2.24, 2.45) is 5.41 Å². The van der Waals surface area contributed by atoms with Crippen molar-refractivity contribution in [1.29, 1.82) is 0 Å². The van der Waals surface area contributed by atoms with Gasteiger partial charge in [-0.05, 0) is 73.1 Å². The third-order valence-electron chi connectivity index (χ3n) is 6.86. The number of fused-ring (bicyclic) bond motifs is 6. The highest BCUT2D eigenvalue weighted by molar-refractivity contribution is 6.01. The molecule has 2 heterocycles. The van der Waals surface area contributed by atoms with Gasteiger partial charge in [0.2, 0.25) is 0 Å². The second-order valence-corrected chi connectivity index (χ2v) is 10.5. The first kappa shape index (κ1) is 20.7. The molecular weight excluding hydrogens is 388 g/mol. The maximum Gasteiger partial charge on any atom is 0.149 e. The maximum absolute atomic E-state index is 3.79. The van der Waals surface area contributed by atoms with E-state index in [1.165, 1.54) is 50.3 Å². The Morgan fingerprint density at radius 1 is 1.06 bits per heavy atom. The molecule has 0 bridgehead atoms. The molecule has 2 aliphatic heterocycles. The summed E-state index contributed by atoms with van der Waals surface area (Å²) in [6.07, 6.45) is 8.38. The summed E-state index contributed by atoms with van der Waals surface area (Å²) in [6, 6.07) is 13.6. The van der Waals surface area contributed by atoms with E-state index in [9.17, 15) is 0 Å². The zero-order valence-corrected chi connectivity index (χ0v) is 20.1. The van der Waals surface area contributed by atoms with Crippen LogP contribution in [0.1, 0.15) is 61.9 Å². The lowest BCUT2D eigenvalue weighted by atomic mass is 9.78. The van der Waals surface area contributed by atoms with Crippen molar-refractivity contribution in [3.8, 4) is 0 Å². The number of nitrogens with zero attached hydrogens (tertiary/aromatic N) is 1. The fourth-order valence-electron chi connectivity index (χ4n) is 5.54. The van der Waals surface area contributed by atoms with E-state index in [0.29, 0.717) is 0 Å². The van der Waals surface area contributed by atoms with Crippen LogP contribution in [-0.4, -0.2) is 5.66 Å². The van der Waals surface area contributed by atoms with Crippen molar-refractivity contribution in [2.45, 2.75) is 60.0 Å². The summed E-state index contributed by atoms with van der Waals surface area (Å²) < 4.78 is 0. The lowest BCUT2D eigenvalue weighted by Crippen LogP contribution is -2.55. The summed E-state index contributed by atoms with van der Waals surface area (Å²) in [5.74, 6) is 0. The summed E-state index contributed by atoms with van der Waals surface area (Å²) >= 11 is 0. The lowest BCUT2D eigenvalue weighted by molar-refractivity contribution is 0.411. The van der Waals surface area contributed by atoms with E-state index in [1.807, 2.05) is 6.08 Å². The molecule has 0 saturated heterocycles. The molecule has 5 rings (SSSR count). The van der Waals surface area contributed by atoms with Crippen LogP contribution in [0.3, 0.4) is 0 Å². The molecular formula is C30H32N2. The lowest BCUT2D eigenvalue weighted by Gasteiger charge is -2.47. The number of aryl methyl sites for hydroxylation is 2. The quantitative estimate of drug-likeness (QED) is 0.535. The molecule has 0 spiro atoms. The van der Waals surface area contributed by atoms with Crippen molar-refractivity contribution >= 4 is 17.0 Å². The molecule has 32 heavy (non-hydrogen) atoms. The van der Waals surface area contributed by atoms with Gasteiger partial charge >= 0.3 is 0 Å². The van der Waals surface area contributed by atoms with Crippen LogP contribution >= 0.6 is 0 Å². The molecule has 0 radical (unpaired) electrons. The van der Waals surface area contributed by atoms with E-state index in [-0.39, 0.29) is 11.1 Å². The van der Waals surface area contributed by atoms with Gasteiger partial charge in [0.1, 0.15) is 5.66 Å². The normalized spacial score (nSPS) is 20.7. The third kappa shape index (κ3) is 3.03. The molecule has 1 N–H and O–H groups in total. The summed E-state index contributed by atoms with van der Waals surface area (Å²) in [7, 11) is 0. The molecule has 2 heteroatoms. The highest BCUT2D eigenvalue weighted by atomic mass is 15.4. The number of rotatable bonds is 3. The summed E-state index contributed by atoms with van der Waals surface area (Å²) in [4.78, 5) is 2.52. The zero-order valence-electron chi connectivity index (χ0n) is 20.1. The second-order valence-electron chi connectivity index (χ2n) is 10.5. The standard InChI is InChI=1S/C30H32N2/c1-7-30-25-14-9-8-13-23(25)24-17-22(18-29(4,5)6)15-16-26(24)32(30)27(19-31-30)28-20(2)11-10-12-21(28)3/h8,10-13,15-17,19,31H,7,18H2,1-6H3. The van der Waals surface area contributed by atoms with Crippen molar-refractivity contribution in [3.63, 3.8) is 0 Å². The number of allylic oxidation sites excluding steroid dienone is 2. The van der Waals surface area contributed by atoms with Crippen molar-refractivity contribution in [3.05, 3.63) is 99.6 Å². The first-order chi connectivity index (χ1) is 15.2. The van der Waals surface area contributed by atoms with Crippen molar-refractivity contribution in [2.75, 3.05) is 4.90 Å². The van der Waals surface area contributed by atoms with Gasteiger partial charge in [-0.15, -0.1) is 0 Å². The van der Waals surface area contributed by atoms with E-state index in [0.717, 1.165) is 12.8 Å².